The summed E-state index contributed by atoms with van der Waals surface area (Å²) in [6.45, 7) is 0. The third-order valence-corrected chi connectivity index (χ3v) is 6.67. The zero-order chi connectivity index (χ0) is 23.4. The lowest BCUT2D eigenvalue weighted by atomic mass is 10.2. The fourth-order valence-corrected chi connectivity index (χ4v) is 4.56. The van der Waals surface area contributed by atoms with Gasteiger partial charge in [0.25, 0.3) is 11.5 Å². The number of benzene rings is 3. The van der Waals surface area contributed by atoms with Gasteiger partial charge in [0.1, 0.15) is 0 Å². The molecule has 0 aliphatic carbocycles. The fourth-order valence-electron chi connectivity index (χ4n) is 2.99. The first-order valence-electron chi connectivity index (χ1n) is 9.60. The van der Waals surface area contributed by atoms with Gasteiger partial charge >= 0.3 is 0 Å². The van der Waals surface area contributed by atoms with Crippen molar-refractivity contribution < 1.29 is 4.79 Å². The standard InChI is InChI=1S/C23H15BrCl2N4O2S/c24-14-8-10-15(11-9-14)30-22(32)16-4-1-2-7-20(16)28-23(30)33-13-21(31)29-27-12-17-18(25)5-3-6-19(17)26/h1-12H,13H2,(H,29,31)/b27-12-. The topological polar surface area (TPSA) is 76.3 Å². The molecule has 3 aromatic carbocycles. The molecule has 6 nitrogen and oxygen atoms in total. The SMILES string of the molecule is O=C(CSc1nc2ccccc2c(=O)n1-c1ccc(Br)cc1)N/N=C\c1c(Cl)cccc1Cl. The summed E-state index contributed by atoms with van der Waals surface area (Å²) < 4.78 is 2.39. The monoisotopic (exact) mass is 560 g/mol. The highest BCUT2D eigenvalue weighted by atomic mass is 79.9. The van der Waals surface area contributed by atoms with Gasteiger partial charge in [-0.1, -0.05) is 69.1 Å². The van der Waals surface area contributed by atoms with Gasteiger partial charge in [0.15, 0.2) is 5.16 Å². The predicted molar refractivity (Wildman–Crippen MR) is 138 cm³/mol. The first-order chi connectivity index (χ1) is 15.9. The van der Waals surface area contributed by atoms with Gasteiger partial charge in [0, 0.05) is 10.0 Å². The van der Waals surface area contributed by atoms with Crippen LogP contribution in [0.15, 0.2) is 86.3 Å². The molecule has 0 spiro atoms. The van der Waals surface area contributed by atoms with Gasteiger partial charge in [-0.2, -0.15) is 5.10 Å². The molecule has 4 aromatic rings. The number of nitrogens with zero attached hydrogens (tertiary/aromatic N) is 3. The van der Waals surface area contributed by atoms with Crippen molar-refractivity contribution in [2.45, 2.75) is 5.16 Å². The molecule has 1 amide bonds. The van der Waals surface area contributed by atoms with Crippen LogP contribution in [0.4, 0.5) is 0 Å². The molecule has 10 heteroatoms. The second kappa shape index (κ2) is 10.5. The van der Waals surface area contributed by atoms with E-state index in [0.29, 0.717) is 37.4 Å². The molecule has 0 aliphatic heterocycles. The number of hydrazone groups is 1. The van der Waals surface area contributed by atoms with Gasteiger partial charge in [-0.15, -0.1) is 0 Å². The van der Waals surface area contributed by atoms with Crippen molar-refractivity contribution in [1.29, 1.82) is 0 Å². The lowest BCUT2D eigenvalue weighted by molar-refractivity contribution is -0.118. The minimum atomic E-state index is -0.371. The molecular formula is C23H15BrCl2N4O2S. The molecule has 0 atom stereocenters. The molecule has 0 bridgehead atoms. The van der Waals surface area contributed by atoms with E-state index in [1.54, 1.807) is 36.4 Å². The second-order valence-electron chi connectivity index (χ2n) is 6.75. The number of para-hydroxylation sites is 1. The van der Waals surface area contributed by atoms with Crippen molar-refractivity contribution in [3.63, 3.8) is 0 Å². The highest BCUT2D eigenvalue weighted by molar-refractivity contribution is 9.10. The Hall–Kier alpha value is -2.65. The molecule has 0 radical (unpaired) electrons. The van der Waals surface area contributed by atoms with Crippen LogP contribution in [-0.2, 0) is 4.79 Å². The lowest BCUT2D eigenvalue weighted by Gasteiger charge is -2.13. The number of hydrogen-bond donors (Lipinski definition) is 1. The first-order valence-corrected chi connectivity index (χ1v) is 12.1. The summed E-state index contributed by atoms with van der Waals surface area (Å²) in [5.74, 6) is -0.376. The van der Waals surface area contributed by atoms with E-state index in [-0.39, 0.29) is 17.2 Å². The maximum atomic E-state index is 13.2. The summed E-state index contributed by atoms with van der Waals surface area (Å²) in [6, 6.07) is 19.5. The van der Waals surface area contributed by atoms with Gasteiger partial charge in [-0.3, -0.25) is 14.2 Å². The number of thioether (sulfide) groups is 1. The molecule has 0 saturated heterocycles. The van der Waals surface area contributed by atoms with Crippen LogP contribution in [0.5, 0.6) is 0 Å². The van der Waals surface area contributed by atoms with Crippen molar-refractivity contribution in [2.24, 2.45) is 5.10 Å². The number of halogens is 3. The van der Waals surface area contributed by atoms with Gasteiger partial charge in [0.2, 0.25) is 0 Å². The quantitative estimate of drug-likeness (QED) is 0.142. The second-order valence-corrected chi connectivity index (χ2v) is 9.42. The summed E-state index contributed by atoms with van der Waals surface area (Å²) in [5, 5.41) is 5.68. The van der Waals surface area contributed by atoms with Gasteiger partial charge in [-0.25, -0.2) is 10.4 Å². The zero-order valence-electron chi connectivity index (χ0n) is 16.8. The number of carbonyl (C=O) groups is 1. The summed E-state index contributed by atoms with van der Waals surface area (Å²) in [5.41, 5.74) is 3.95. The zero-order valence-corrected chi connectivity index (χ0v) is 20.7. The minimum absolute atomic E-state index is 0.00506. The van der Waals surface area contributed by atoms with Crippen LogP contribution < -0.4 is 11.0 Å². The molecular weight excluding hydrogens is 547 g/mol. The molecule has 1 aromatic heterocycles. The van der Waals surface area contributed by atoms with Crippen LogP contribution in [0.3, 0.4) is 0 Å². The van der Waals surface area contributed by atoms with Crippen molar-refractivity contribution in [1.82, 2.24) is 15.0 Å². The summed E-state index contributed by atoms with van der Waals surface area (Å²) >= 11 is 16.7. The van der Waals surface area contributed by atoms with E-state index in [0.717, 1.165) is 16.2 Å². The van der Waals surface area contributed by atoms with E-state index >= 15 is 0 Å². The van der Waals surface area contributed by atoms with E-state index in [9.17, 15) is 9.59 Å². The van der Waals surface area contributed by atoms with Crippen LogP contribution in [0.2, 0.25) is 10.0 Å². The third kappa shape index (κ3) is 5.47. The van der Waals surface area contributed by atoms with Gasteiger partial charge in [-0.05, 0) is 48.5 Å². The van der Waals surface area contributed by atoms with Crippen LogP contribution in [-0.4, -0.2) is 27.4 Å². The summed E-state index contributed by atoms with van der Waals surface area (Å²) in [6.07, 6.45) is 1.39. The number of amides is 1. The van der Waals surface area contributed by atoms with Crippen LogP contribution in [0, 0.1) is 0 Å². The minimum Gasteiger partial charge on any atom is -0.272 e. The van der Waals surface area contributed by atoms with Gasteiger partial charge in [0.05, 0.1) is 38.6 Å². The molecule has 4 rings (SSSR count). The Bertz CT molecular complexity index is 1400. The molecule has 33 heavy (non-hydrogen) atoms. The largest absolute Gasteiger partial charge is 0.272 e. The number of nitrogens with one attached hydrogen (secondary N) is 1. The summed E-state index contributed by atoms with van der Waals surface area (Å²) in [4.78, 5) is 30.2. The Morgan fingerprint density at radius 1 is 1.06 bits per heavy atom. The smallest absolute Gasteiger partial charge is 0.266 e. The van der Waals surface area contributed by atoms with Crippen LogP contribution in [0.25, 0.3) is 16.6 Å². The van der Waals surface area contributed by atoms with Crippen molar-refractivity contribution >= 4 is 73.9 Å². The lowest BCUT2D eigenvalue weighted by Crippen LogP contribution is -2.24. The molecule has 0 unspecified atom stereocenters. The average molecular weight is 562 g/mol. The molecule has 1 heterocycles. The van der Waals surface area contributed by atoms with E-state index < -0.39 is 0 Å². The van der Waals surface area contributed by atoms with E-state index in [1.165, 1.54) is 10.8 Å². The Morgan fingerprint density at radius 2 is 1.76 bits per heavy atom. The Morgan fingerprint density at radius 3 is 2.48 bits per heavy atom. The third-order valence-electron chi connectivity index (χ3n) is 4.54. The summed E-state index contributed by atoms with van der Waals surface area (Å²) in [7, 11) is 0. The normalized spacial score (nSPS) is 11.2. The number of fused-ring (bicyclic) bond motifs is 1. The maximum absolute atomic E-state index is 13.2. The van der Waals surface area contributed by atoms with Crippen LogP contribution in [0.1, 0.15) is 5.56 Å². The Labute approximate surface area is 211 Å². The fraction of sp³-hybridized carbons (Fsp3) is 0.0435. The van der Waals surface area contributed by atoms with Gasteiger partial charge < -0.3 is 0 Å². The van der Waals surface area contributed by atoms with E-state index in [2.05, 4.69) is 31.4 Å². The van der Waals surface area contributed by atoms with Crippen molar-refractivity contribution in [3.8, 4) is 5.69 Å². The predicted octanol–water partition coefficient (Wildman–Crippen LogP) is 5.70. The average Bonchev–Trinajstić information content (AvgIpc) is 2.80. The number of aromatic nitrogens is 2. The van der Waals surface area contributed by atoms with Crippen molar-refractivity contribution in [2.75, 3.05) is 5.75 Å². The van der Waals surface area contributed by atoms with Crippen molar-refractivity contribution in [3.05, 3.63) is 97.2 Å². The maximum Gasteiger partial charge on any atom is 0.266 e. The molecule has 0 saturated carbocycles. The molecule has 0 fully saturated rings. The Balaban J connectivity index is 1.57. The van der Waals surface area contributed by atoms with Crippen LogP contribution >= 0.6 is 50.9 Å². The number of carbonyl (C=O) groups excluding carboxylic acids is 1. The highest BCUT2D eigenvalue weighted by Crippen LogP contribution is 2.23. The number of rotatable bonds is 6. The molecule has 0 aliphatic rings. The molecule has 166 valence electrons. The highest BCUT2D eigenvalue weighted by Gasteiger charge is 2.15. The number of hydrogen-bond acceptors (Lipinski definition) is 5. The first kappa shape index (κ1) is 23.5. The Kier molecular flexibility index (Phi) is 7.49. The van der Waals surface area contributed by atoms with E-state index in [4.69, 9.17) is 23.2 Å². The van der Waals surface area contributed by atoms with E-state index in [1.807, 2.05) is 30.3 Å². The molecule has 1 N–H and O–H groups in total.